The van der Waals surface area contributed by atoms with E-state index in [0.717, 1.165) is 11.1 Å². The maximum absolute atomic E-state index is 13.2. The summed E-state index contributed by atoms with van der Waals surface area (Å²) in [6, 6.07) is 10.6. The van der Waals surface area contributed by atoms with Gasteiger partial charge in [-0.15, -0.1) is 0 Å². The van der Waals surface area contributed by atoms with Gasteiger partial charge in [0, 0.05) is 31.6 Å². The number of benzene rings is 2. The van der Waals surface area contributed by atoms with Crippen LogP contribution in [0.3, 0.4) is 0 Å². The van der Waals surface area contributed by atoms with Gasteiger partial charge in [-0.2, -0.15) is 4.31 Å². The average Bonchev–Trinajstić information content (AvgIpc) is 2.77. The number of piperidine rings is 1. The predicted octanol–water partition coefficient (Wildman–Crippen LogP) is 2.70. The van der Waals surface area contributed by atoms with Crippen molar-refractivity contribution < 1.29 is 22.7 Å². The average molecular weight is 478 g/mol. The highest BCUT2D eigenvalue weighted by atomic mass is 35.5. The molecule has 2 aliphatic rings. The zero-order valence-electron chi connectivity index (χ0n) is 17.6. The lowest BCUT2D eigenvalue weighted by atomic mass is 9.97. The molecule has 170 valence electrons. The van der Waals surface area contributed by atoms with Crippen molar-refractivity contribution in [3.8, 4) is 5.75 Å². The van der Waals surface area contributed by atoms with E-state index in [9.17, 15) is 18.0 Å². The quantitative estimate of drug-likeness (QED) is 0.689. The van der Waals surface area contributed by atoms with Gasteiger partial charge in [-0.05, 0) is 31.4 Å². The number of anilines is 1. The summed E-state index contributed by atoms with van der Waals surface area (Å²) in [5.74, 6) is -0.381. The molecule has 0 saturated carbocycles. The fourth-order valence-electron chi connectivity index (χ4n) is 3.93. The fraction of sp³-hybridized carbons (Fsp3) is 0.364. The maximum atomic E-state index is 13.2. The van der Waals surface area contributed by atoms with Crippen molar-refractivity contribution in [2.45, 2.75) is 31.2 Å². The molecular weight excluding hydrogens is 454 g/mol. The highest BCUT2D eigenvalue weighted by molar-refractivity contribution is 7.89. The number of carbonyl (C=O) groups excluding carboxylic acids is 2. The molecule has 0 atom stereocenters. The zero-order chi connectivity index (χ0) is 22.9. The number of nitrogens with zero attached hydrogens (tertiary/aromatic N) is 1. The van der Waals surface area contributed by atoms with Crippen LogP contribution in [0, 0.1) is 12.8 Å². The van der Waals surface area contributed by atoms with Crippen LogP contribution in [-0.4, -0.2) is 44.2 Å². The van der Waals surface area contributed by atoms with Crippen LogP contribution < -0.4 is 15.4 Å². The molecule has 32 heavy (non-hydrogen) atoms. The standard InChI is InChI=1S/C22H24ClN3O5S/c1-14-3-2-4-15(9-14)12-24-22(28)16-5-7-26(8-6-16)32(29,30)20-11-19-18(10-17(20)23)25-21(27)13-31-19/h2-4,9-11,16H,5-8,12-13H2,1H3,(H,24,28)(H,25,27). The van der Waals surface area contributed by atoms with Crippen LogP contribution in [0.5, 0.6) is 5.75 Å². The van der Waals surface area contributed by atoms with Crippen LogP contribution in [0.25, 0.3) is 0 Å². The number of sulfonamides is 1. The molecule has 2 aliphatic heterocycles. The third-order valence-corrected chi connectivity index (χ3v) is 8.02. The fourth-order valence-corrected chi connectivity index (χ4v) is 5.92. The van der Waals surface area contributed by atoms with Crippen LogP contribution in [0.4, 0.5) is 5.69 Å². The first kappa shape index (κ1) is 22.6. The number of hydrogen-bond donors (Lipinski definition) is 2. The maximum Gasteiger partial charge on any atom is 0.262 e. The molecule has 2 amide bonds. The molecule has 2 N–H and O–H groups in total. The molecule has 1 saturated heterocycles. The van der Waals surface area contributed by atoms with Crippen molar-refractivity contribution in [1.82, 2.24) is 9.62 Å². The number of fused-ring (bicyclic) bond motifs is 1. The molecule has 0 spiro atoms. The summed E-state index contributed by atoms with van der Waals surface area (Å²) in [5, 5.41) is 5.56. The van der Waals surface area contributed by atoms with Crippen molar-refractivity contribution >= 4 is 39.1 Å². The summed E-state index contributed by atoms with van der Waals surface area (Å²) in [4.78, 5) is 24.0. The van der Waals surface area contributed by atoms with E-state index in [1.54, 1.807) is 0 Å². The second-order valence-electron chi connectivity index (χ2n) is 8.00. The highest BCUT2D eigenvalue weighted by Gasteiger charge is 2.34. The summed E-state index contributed by atoms with van der Waals surface area (Å²) in [6.45, 7) is 2.70. The first-order valence-corrected chi connectivity index (χ1v) is 12.2. The Morgan fingerprint density at radius 3 is 2.72 bits per heavy atom. The number of rotatable bonds is 5. The van der Waals surface area contributed by atoms with Crippen LogP contribution in [0.15, 0.2) is 41.3 Å². The summed E-state index contributed by atoms with van der Waals surface area (Å²) in [5.41, 5.74) is 2.50. The largest absolute Gasteiger partial charge is 0.482 e. The second-order valence-corrected chi connectivity index (χ2v) is 10.3. The molecular formula is C22H24ClN3O5S. The first-order chi connectivity index (χ1) is 15.2. The molecule has 0 aliphatic carbocycles. The van der Waals surface area contributed by atoms with Gasteiger partial charge in [0.25, 0.3) is 5.91 Å². The molecule has 1 fully saturated rings. The van der Waals surface area contributed by atoms with Crippen LogP contribution >= 0.6 is 11.6 Å². The molecule has 0 unspecified atom stereocenters. The van der Waals surface area contributed by atoms with E-state index in [0.29, 0.717) is 25.1 Å². The number of hydrogen-bond acceptors (Lipinski definition) is 5. The van der Waals surface area contributed by atoms with E-state index in [-0.39, 0.29) is 53.1 Å². The molecule has 2 aromatic rings. The minimum absolute atomic E-state index is 0.00701. The first-order valence-electron chi connectivity index (χ1n) is 10.3. The third-order valence-electron chi connectivity index (χ3n) is 5.66. The number of carbonyl (C=O) groups is 2. The lowest BCUT2D eigenvalue weighted by Gasteiger charge is -2.31. The molecule has 2 heterocycles. The number of aryl methyl sites for hydroxylation is 1. The topological polar surface area (TPSA) is 105 Å². The van der Waals surface area contributed by atoms with Gasteiger partial charge >= 0.3 is 0 Å². The Bertz CT molecular complexity index is 1160. The Balaban J connectivity index is 1.39. The molecule has 8 nitrogen and oxygen atoms in total. The second kappa shape index (κ2) is 9.09. The lowest BCUT2D eigenvalue weighted by molar-refractivity contribution is -0.126. The Hall–Kier alpha value is -2.62. The van der Waals surface area contributed by atoms with Crippen LogP contribution in [-0.2, 0) is 26.2 Å². The van der Waals surface area contributed by atoms with Gasteiger partial charge in [0.05, 0.1) is 10.7 Å². The van der Waals surface area contributed by atoms with Crippen molar-refractivity contribution in [3.05, 3.63) is 52.5 Å². The number of ether oxygens (including phenoxy) is 1. The van der Waals surface area contributed by atoms with Crippen molar-refractivity contribution in [2.24, 2.45) is 5.92 Å². The Morgan fingerprint density at radius 1 is 1.25 bits per heavy atom. The minimum Gasteiger partial charge on any atom is -0.482 e. The van der Waals surface area contributed by atoms with E-state index in [2.05, 4.69) is 10.6 Å². The number of amides is 2. The van der Waals surface area contributed by atoms with Gasteiger partial charge in [0.15, 0.2) is 6.61 Å². The van der Waals surface area contributed by atoms with Gasteiger partial charge in [-0.1, -0.05) is 41.4 Å². The van der Waals surface area contributed by atoms with E-state index >= 15 is 0 Å². The zero-order valence-corrected chi connectivity index (χ0v) is 19.1. The van der Waals surface area contributed by atoms with E-state index in [4.69, 9.17) is 16.3 Å². The molecule has 0 aromatic heterocycles. The van der Waals surface area contributed by atoms with Gasteiger partial charge in [0.2, 0.25) is 15.9 Å². The molecule has 10 heteroatoms. The highest BCUT2D eigenvalue weighted by Crippen LogP contribution is 2.37. The van der Waals surface area contributed by atoms with Crippen molar-refractivity contribution in [2.75, 3.05) is 25.0 Å². The van der Waals surface area contributed by atoms with Gasteiger partial charge in [-0.3, -0.25) is 9.59 Å². The van der Waals surface area contributed by atoms with E-state index in [1.807, 2.05) is 31.2 Å². The molecule has 0 bridgehead atoms. The lowest BCUT2D eigenvalue weighted by Crippen LogP contribution is -2.43. The van der Waals surface area contributed by atoms with Crippen LogP contribution in [0.1, 0.15) is 24.0 Å². The summed E-state index contributed by atoms with van der Waals surface area (Å²) < 4.78 is 33.0. The summed E-state index contributed by atoms with van der Waals surface area (Å²) in [7, 11) is -3.87. The van der Waals surface area contributed by atoms with Gasteiger partial charge in [-0.25, -0.2) is 8.42 Å². The Labute approximate surface area is 191 Å². The van der Waals surface area contributed by atoms with E-state index < -0.39 is 10.0 Å². The molecule has 0 radical (unpaired) electrons. The smallest absolute Gasteiger partial charge is 0.262 e. The van der Waals surface area contributed by atoms with Gasteiger partial charge in [0.1, 0.15) is 10.6 Å². The third kappa shape index (κ3) is 4.74. The number of halogens is 1. The van der Waals surface area contributed by atoms with Crippen molar-refractivity contribution in [3.63, 3.8) is 0 Å². The van der Waals surface area contributed by atoms with Crippen molar-refractivity contribution in [1.29, 1.82) is 0 Å². The Kier molecular flexibility index (Phi) is 6.41. The summed E-state index contributed by atoms with van der Waals surface area (Å²) >= 11 is 6.23. The summed E-state index contributed by atoms with van der Waals surface area (Å²) in [6.07, 6.45) is 0.849. The number of nitrogens with one attached hydrogen (secondary N) is 2. The Morgan fingerprint density at radius 2 is 2.00 bits per heavy atom. The molecule has 2 aromatic carbocycles. The van der Waals surface area contributed by atoms with Gasteiger partial charge < -0.3 is 15.4 Å². The SMILES string of the molecule is Cc1cccc(CNC(=O)C2CCN(S(=O)(=O)c3cc4c(cc3Cl)NC(=O)CO4)CC2)c1. The van der Waals surface area contributed by atoms with E-state index in [1.165, 1.54) is 16.4 Å². The minimum atomic E-state index is -3.87. The monoisotopic (exact) mass is 477 g/mol. The van der Waals surface area contributed by atoms with Crippen LogP contribution in [0.2, 0.25) is 5.02 Å². The predicted molar refractivity (Wildman–Crippen MR) is 120 cm³/mol. The normalized spacial score (nSPS) is 17.2. The molecule has 4 rings (SSSR count).